The number of thiophene rings is 1. The largest absolute Gasteiger partial charge is 0.461 e. The third-order valence-corrected chi connectivity index (χ3v) is 5.09. The van der Waals surface area contributed by atoms with Crippen LogP contribution in [-0.2, 0) is 16.1 Å². The van der Waals surface area contributed by atoms with Crippen molar-refractivity contribution in [3.05, 3.63) is 68.3 Å². The molecule has 0 aliphatic rings. The van der Waals surface area contributed by atoms with Gasteiger partial charge < -0.3 is 14.8 Å². The van der Waals surface area contributed by atoms with E-state index < -0.39 is 11.9 Å². The van der Waals surface area contributed by atoms with E-state index in [4.69, 9.17) is 9.47 Å². The highest BCUT2D eigenvalue weighted by Crippen LogP contribution is 2.19. The minimum absolute atomic E-state index is 0.0957. The number of carbonyl (C=O) groups excluding carboxylic acids is 3. The van der Waals surface area contributed by atoms with Gasteiger partial charge >= 0.3 is 11.9 Å². The summed E-state index contributed by atoms with van der Waals surface area (Å²) in [5.74, 6) is -1.42. The molecule has 0 unspecified atom stereocenters. The van der Waals surface area contributed by atoms with E-state index in [9.17, 15) is 14.4 Å². The van der Waals surface area contributed by atoms with Gasteiger partial charge in [-0.15, -0.1) is 11.3 Å². The number of hydrogen-bond acceptors (Lipinski definition) is 8. The molecule has 0 fully saturated rings. The van der Waals surface area contributed by atoms with Crippen molar-refractivity contribution in [1.82, 2.24) is 4.98 Å². The van der Waals surface area contributed by atoms with Gasteiger partial charge in [-0.2, -0.15) is 11.3 Å². The lowest BCUT2D eigenvalue weighted by atomic mass is 10.1. The molecule has 0 radical (unpaired) electrons. The lowest BCUT2D eigenvalue weighted by molar-refractivity contribution is 0.0469. The fourth-order valence-corrected chi connectivity index (χ4v) is 3.56. The van der Waals surface area contributed by atoms with Crippen LogP contribution in [0.25, 0.3) is 0 Å². The minimum atomic E-state index is -0.605. The summed E-state index contributed by atoms with van der Waals surface area (Å²) in [7, 11) is 0. The van der Waals surface area contributed by atoms with Crippen LogP contribution >= 0.6 is 22.7 Å². The molecule has 0 aliphatic carbocycles. The van der Waals surface area contributed by atoms with E-state index in [0.29, 0.717) is 16.9 Å². The third kappa shape index (κ3) is 4.81. The summed E-state index contributed by atoms with van der Waals surface area (Å²) in [5, 5.41) is 8.07. The summed E-state index contributed by atoms with van der Waals surface area (Å²) in [6.45, 7) is 1.88. The highest BCUT2D eigenvalue weighted by molar-refractivity contribution is 7.11. The SMILES string of the molecule is CCOC(=O)c1nc(COC(=O)c2ccccc2NC(=O)c2ccsc2)cs1. The van der Waals surface area contributed by atoms with Gasteiger partial charge in [0.15, 0.2) is 0 Å². The van der Waals surface area contributed by atoms with Crippen molar-refractivity contribution in [2.75, 3.05) is 11.9 Å². The number of nitrogens with zero attached hydrogens (tertiary/aromatic N) is 1. The molecule has 28 heavy (non-hydrogen) atoms. The van der Waals surface area contributed by atoms with Crippen LogP contribution in [0.3, 0.4) is 0 Å². The van der Waals surface area contributed by atoms with Crippen molar-refractivity contribution in [2.24, 2.45) is 0 Å². The summed E-state index contributed by atoms with van der Waals surface area (Å²) in [4.78, 5) is 40.4. The van der Waals surface area contributed by atoms with E-state index in [1.807, 2.05) is 0 Å². The van der Waals surface area contributed by atoms with Crippen LogP contribution in [-0.4, -0.2) is 29.4 Å². The summed E-state index contributed by atoms with van der Waals surface area (Å²) < 4.78 is 10.2. The molecule has 7 nitrogen and oxygen atoms in total. The van der Waals surface area contributed by atoms with Crippen LogP contribution in [0.15, 0.2) is 46.5 Å². The predicted octanol–water partition coefficient (Wildman–Crippen LogP) is 3.99. The smallest absolute Gasteiger partial charge is 0.367 e. The molecule has 1 aromatic carbocycles. The number of anilines is 1. The minimum Gasteiger partial charge on any atom is -0.461 e. The van der Waals surface area contributed by atoms with Gasteiger partial charge in [-0.25, -0.2) is 14.6 Å². The topological polar surface area (TPSA) is 94.6 Å². The summed E-state index contributed by atoms with van der Waals surface area (Å²) in [6, 6.07) is 8.29. The molecule has 0 aliphatic heterocycles. The molecular formula is C19H16N2O5S2. The van der Waals surface area contributed by atoms with Crippen LogP contribution in [0.5, 0.6) is 0 Å². The number of esters is 2. The van der Waals surface area contributed by atoms with Gasteiger partial charge in [0.1, 0.15) is 6.61 Å². The number of amides is 1. The Kier molecular flexibility index (Phi) is 6.51. The number of carbonyl (C=O) groups is 3. The fourth-order valence-electron chi connectivity index (χ4n) is 2.24. The predicted molar refractivity (Wildman–Crippen MR) is 106 cm³/mol. The first-order valence-electron chi connectivity index (χ1n) is 8.29. The Bertz CT molecular complexity index is 982. The van der Waals surface area contributed by atoms with E-state index in [0.717, 1.165) is 11.3 Å². The molecule has 9 heteroatoms. The first-order chi connectivity index (χ1) is 13.6. The molecule has 3 rings (SSSR count). The van der Waals surface area contributed by atoms with Crippen LogP contribution in [0.1, 0.15) is 43.1 Å². The average molecular weight is 416 g/mol. The Hall–Kier alpha value is -3.04. The van der Waals surface area contributed by atoms with Crippen molar-refractivity contribution in [3.63, 3.8) is 0 Å². The monoisotopic (exact) mass is 416 g/mol. The number of nitrogens with one attached hydrogen (secondary N) is 1. The molecule has 0 saturated carbocycles. The standard InChI is InChI=1S/C19H16N2O5S2/c1-2-25-19(24)17-20-13(11-28-17)9-26-18(23)14-5-3-4-6-15(14)21-16(22)12-7-8-27-10-12/h3-8,10-11H,2,9H2,1H3,(H,21,22). The van der Waals surface area contributed by atoms with E-state index >= 15 is 0 Å². The van der Waals surface area contributed by atoms with E-state index in [1.54, 1.807) is 53.4 Å². The molecule has 1 amide bonds. The normalized spacial score (nSPS) is 10.3. The number of hydrogen-bond donors (Lipinski definition) is 1. The lowest BCUT2D eigenvalue weighted by Crippen LogP contribution is -2.15. The zero-order valence-corrected chi connectivity index (χ0v) is 16.5. The van der Waals surface area contributed by atoms with Gasteiger partial charge in [0.2, 0.25) is 5.01 Å². The van der Waals surface area contributed by atoms with Crippen molar-refractivity contribution < 1.29 is 23.9 Å². The fraction of sp³-hybridized carbons (Fsp3) is 0.158. The quantitative estimate of drug-likeness (QED) is 0.585. The number of rotatable bonds is 7. The molecule has 0 bridgehead atoms. The molecule has 3 aromatic rings. The Balaban J connectivity index is 1.65. The molecular weight excluding hydrogens is 400 g/mol. The second-order valence-electron chi connectivity index (χ2n) is 5.45. The van der Waals surface area contributed by atoms with E-state index in [-0.39, 0.29) is 29.7 Å². The van der Waals surface area contributed by atoms with Gasteiger partial charge in [-0.05, 0) is 30.5 Å². The maximum absolute atomic E-state index is 12.5. The van der Waals surface area contributed by atoms with Gasteiger partial charge in [0, 0.05) is 10.8 Å². The Morgan fingerprint density at radius 1 is 1.07 bits per heavy atom. The van der Waals surface area contributed by atoms with Gasteiger partial charge in [-0.1, -0.05) is 12.1 Å². The highest BCUT2D eigenvalue weighted by atomic mass is 32.1. The van der Waals surface area contributed by atoms with Crippen molar-refractivity contribution in [2.45, 2.75) is 13.5 Å². The molecule has 1 N–H and O–H groups in total. The van der Waals surface area contributed by atoms with Crippen LogP contribution in [0.4, 0.5) is 5.69 Å². The third-order valence-electron chi connectivity index (χ3n) is 3.53. The van der Waals surface area contributed by atoms with Gasteiger partial charge in [-0.3, -0.25) is 4.79 Å². The first kappa shape index (κ1) is 19.7. The molecule has 2 heterocycles. The number of ether oxygens (including phenoxy) is 2. The maximum Gasteiger partial charge on any atom is 0.367 e. The zero-order chi connectivity index (χ0) is 19.9. The van der Waals surface area contributed by atoms with Gasteiger partial charge in [0.05, 0.1) is 29.1 Å². The second kappa shape index (κ2) is 9.25. The molecule has 0 saturated heterocycles. The lowest BCUT2D eigenvalue weighted by Gasteiger charge is -2.10. The number of para-hydroxylation sites is 1. The molecule has 0 spiro atoms. The Morgan fingerprint density at radius 2 is 1.89 bits per heavy atom. The Labute approximate surface area is 168 Å². The highest BCUT2D eigenvalue weighted by Gasteiger charge is 2.17. The zero-order valence-electron chi connectivity index (χ0n) is 14.8. The second-order valence-corrected chi connectivity index (χ2v) is 7.09. The summed E-state index contributed by atoms with van der Waals surface area (Å²) >= 11 is 2.53. The number of benzene rings is 1. The average Bonchev–Trinajstić information content (AvgIpc) is 3.39. The van der Waals surface area contributed by atoms with Crippen molar-refractivity contribution in [3.8, 4) is 0 Å². The van der Waals surface area contributed by atoms with Crippen LogP contribution in [0, 0.1) is 0 Å². The van der Waals surface area contributed by atoms with Crippen LogP contribution < -0.4 is 5.32 Å². The molecule has 0 atom stereocenters. The number of thiazole rings is 1. The molecule has 2 aromatic heterocycles. The first-order valence-corrected chi connectivity index (χ1v) is 10.1. The van der Waals surface area contributed by atoms with Crippen LogP contribution in [0.2, 0.25) is 0 Å². The van der Waals surface area contributed by atoms with E-state index in [2.05, 4.69) is 10.3 Å². The van der Waals surface area contributed by atoms with Crippen molar-refractivity contribution in [1.29, 1.82) is 0 Å². The Morgan fingerprint density at radius 3 is 2.64 bits per heavy atom. The van der Waals surface area contributed by atoms with E-state index in [1.165, 1.54) is 11.3 Å². The van der Waals surface area contributed by atoms with Gasteiger partial charge in [0.25, 0.3) is 5.91 Å². The summed E-state index contributed by atoms with van der Waals surface area (Å²) in [5.41, 5.74) is 1.55. The summed E-state index contributed by atoms with van der Waals surface area (Å²) in [6.07, 6.45) is 0. The number of aromatic nitrogens is 1. The van der Waals surface area contributed by atoms with Crippen molar-refractivity contribution >= 4 is 46.2 Å². The maximum atomic E-state index is 12.5. The molecule has 144 valence electrons.